The Hall–Kier alpha value is -3.19. The lowest BCUT2D eigenvalue weighted by Crippen LogP contribution is -2.03. The quantitative estimate of drug-likeness (QED) is 0.443. The second-order valence-electron chi connectivity index (χ2n) is 6.01. The molecule has 2 aromatic heterocycles. The number of thioether (sulfide) groups is 1. The van der Waals surface area contributed by atoms with Crippen LogP contribution in [0.3, 0.4) is 0 Å². The number of benzene rings is 2. The maximum Gasteiger partial charge on any atom is 0.176 e. The Bertz CT molecular complexity index is 1060. The summed E-state index contributed by atoms with van der Waals surface area (Å²) < 4.78 is 20.2. The molecule has 2 aromatic carbocycles. The second-order valence-corrected chi connectivity index (χ2v) is 7.00. The molecule has 28 heavy (non-hydrogen) atoms. The van der Waals surface area contributed by atoms with E-state index in [-0.39, 0.29) is 5.82 Å². The van der Waals surface area contributed by atoms with E-state index in [0.717, 1.165) is 27.6 Å². The topological polar surface area (TPSA) is 52.8 Å². The molecule has 4 rings (SSSR count). The summed E-state index contributed by atoms with van der Waals surface area (Å²) in [6, 6.07) is 20.0. The molecule has 0 saturated carbocycles. The third-order valence-electron chi connectivity index (χ3n) is 4.15. The van der Waals surface area contributed by atoms with Crippen molar-refractivity contribution in [1.29, 1.82) is 0 Å². The maximum atomic E-state index is 13.3. The molecule has 2 heterocycles. The van der Waals surface area contributed by atoms with Crippen LogP contribution < -0.4 is 4.74 Å². The van der Waals surface area contributed by atoms with Crippen LogP contribution in [0.25, 0.3) is 17.1 Å². The molecule has 5 nitrogen and oxygen atoms in total. The van der Waals surface area contributed by atoms with Gasteiger partial charge in [-0.1, -0.05) is 23.9 Å². The number of nitrogens with zero attached hydrogens (tertiary/aromatic N) is 4. The average Bonchev–Trinajstić information content (AvgIpc) is 3.23. The van der Waals surface area contributed by atoms with Crippen LogP contribution >= 0.6 is 11.8 Å². The molecule has 0 bridgehead atoms. The van der Waals surface area contributed by atoms with E-state index in [9.17, 15) is 4.39 Å². The van der Waals surface area contributed by atoms with Gasteiger partial charge in [-0.3, -0.25) is 0 Å². The van der Waals surface area contributed by atoms with Gasteiger partial charge in [0.1, 0.15) is 16.6 Å². The highest BCUT2D eigenvalue weighted by molar-refractivity contribution is 7.98. The van der Waals surface area contributed by atoms with Gasteiger partial charge in [0.25, 0.3) is 0 Å². The predicted octanol–water partition coefficient (Wildman–Crippen LogP) is 4.77. The molecule has 0 amide bonds. The summed E-state index contributed by atoms with van der Waals surface area (Å²) in [4.78, 5) is 0. The first-order valence-electron chi connectivity index (χ1n) is 8.63. The van der Waals surface area contributed by atoms with E-state index in [4.69, 9.17) is 4.74 Å². The zero-order valence-corrected chi connectivity index (χ0v) is 15.9. The number of rotatable bonds is 6. The molecule has 0 aliphatic carbocycles. The van der Waals surface area contributed by atoms with Crippen molar-refractivity contribution in [2.45, 2.75) is 10.8 Å². The summed E-state index contributed by atoms with van der Waals surface area (Å²) in [5.74, 6) is 1.83. The SMILES string of the molecule is COc1ccc(-c2ccnn2-c2ccc(SCc3cccc(F)c3)nn2)cc1. The second kappa shape index (κ2) is 8.22. The van der Waals surface area contributed by atoms with Gasteiger partial charge in [-0.15, -0.1) is 10.2 Å². The van der Waals surface area contributed by atoms with Gasteiger partial charge in [0.15, 0.2) is 5.82 Å². The van der Waals surface area contributed by atoms with Crippen molar-refractivity contribution in [3.63, 3.8) is 0 Å². The Morgan fingerprint density at radius 1 is 1.00 bits per heavy atom. The van der Waals surface area contributed by atoms with Crippen molar-refractivity contribution in [3.05, 3.63) is 84.3 Å². The number of ether oxygens (including phenoxy) is 1. The Balaban J connectivity index is 1.50. The van der Waals surface area contributed by atoms with Crippen LogP contribution in [0.1, 0.15) is 5.56 Å². The standard InChI is InChI=1S/C21H17FN4OS/c1-27-18-7-5-16(6-8-18)19-11-12-23-26(19)20-9-10-21(25-24-20)28-14-15-3-2-4-17(22)13-15/h2-13H,14H2,1H3. The summed E-state index contributed by atoms with van der Waals surface area (Å²) >= 11 is 1.51. The first-order valence-corrected chi connectivity index (χ1v) is 9.61. The zero-order valence-electron chi connectivity index (χ0n) is 15.1. The number of hydrogen-bond donors (Lipinski definition) is 0. The molecule has 0 unspecified atom stereocenters. The number of methoxy groups -OCH3 is 1. The van der Waals surface area contributed by atoms with E-state index in [1.54, 1.807) is 24.1 Å². The van der Waals surface area contributed by atoms with Gasteiger partial charge in [0.05, 0.1) is 19.0 Å². The van der Waals surface area contributed by atoms with Crippen LogP contribution in [0, 0.1) is 5.82 Å². The molecule has 140 valence electrons. The van der Waals surface area contributed by atoms with Gasteiger partial charge in [-0.2, -0.15) is 5.10 Å². The largest absolute Gasteiger partial charge is 0.497 e. The smallest absolute Gasteiger partial charge is 0.176 e. The monoisotopic (exact) mass is 392 g/mol. The van der Waals surface area contributed by atoms with Crippen molar-refractivity contribution < 1.29 is 9.13 Å². The van der Waals surface area contributed by atoms with Crippen LogP contribution in [0.2, 0.25) is 0 Å². The summed E-state index contributed by atoms with van der Waals surface area (Å²) in [6.45, 7) is 0. The van der Waals surface area contributed by atoms with Gasteiger partial charge in [0, 0.05) is 11.3 Å². The zero-order chi connectivity index (χ0) is 19.3. The van der Waals surface area contributed by atoms with E-state index >= 15 is 0 Å². The van der Waals surface area contributed by atoms with Crippen molar-refractivity contribution in [3.8, 4) is 22.8 Å². The van der Waals surface area contributed by atoms with Crippen LogP contribution in [0.5, 0.6) is 5.75 Å². The Morgan fingerprint density at radius 3 is 2.57 bits per heavy atom. The predicted molar refractivity (Wildman–Crippen MR) is 107 cm³/mol. The molecule has 0 fully saturated rings. The molecule has 0 spiro atoms. The fourth-order valence-electron chi connectivity index (χ4n) is 2.75. The highest BCUT2D eigenvalue weighted by atomic mass is 32.2. The molecule has 0 aliphatic heterocycles. The van der Waals surface area contributed by atoms with Gasteiger partial charge < -0.3 is 4.74 Å². The lowest BCUT2D eigenvalue weighted by molar-refractivity contribution is 0.415. The molecule has 4 aromatic rings. The Morgan fingerprint density at radius 2 is 1.86 bits per heavy atom. The molecule has 0 saturated heterocycles. The normalized spacial score (nSPS) is 10.8. The van der Waals surface area contributed by atoms with Gasteiger partial charge >= 0.3 is 0 Å². The highest BCUT2D eigenvalue weighted by Crippen LogP contribution is 2.25. The minimum atomic E-state index is -0.232. The van der Waals surface area contributed by atoms with E-state index in [1.165, 1.54) is 23.9 Å². The van der Waals surface area contributed by atoms with Crippen molar-refractivity contribution in [2.24, 2.45) is 0 Å². The molecule has 0 radical (unpaired) electrons. The van der Waals surface area contributed by atoms with Crippen molar-refractivity contribution in [1.82, 2.24) is 20.0 Å². The lowest BCUT2D eigenvalue weighted by Gasteiger charge is -2.08. The van der Waals surface area contributed by atoms with Crippen molar-refractivity contribution >= 4 is 11.8 Å². The van der Waals surface area contributed by atoms with Crippen LogP contribution in [-0.2, 0) is 5.75 Å². The third-order valence-corrected chi connectivity index (χ3v) is 5.14. The molecular weight excluding hydrogens is 375 g/mol. The van der Waals surface area contributed by atoms with E-state index in [1.807, 2.05) is 48.5 Å². The molecular formula is C21H17FN4OS. The summed E-state index contributed by atoms with van der Waals surface area (Å²) in [5.41, 5.74) is 2.83. The Labute approximate surface area is 166 Å². The van der Waals surface area contributed by atoms with Crippen LogP contribution in [0.4, 0.5) is 4.39 Å². The van der Waals surface area contributed by atoms with Crippen molar-refractivity contribution in [2.75, 3.05) is 7.11 Å². The fourth-order valence-corrected chi connectivity index (χ4v) is 3.51. The summed E-state index contributed by atoms with van der Waals surface area (Å²) in [7, 11) is 1.64. The minimum Gasteiger partial charge on any atom is -0.497 e. The van der Waals surface area contributed by atoms with Gasteiger partial charge in [-0.25, -0.2) is 9.07 Å². The molecule has 0 atom stereocenters. The maximum absolute atomic E-state index is 13.3. The minimum absolute atomic E-state index is 0.232. The molecule has 0 N–H and O–H groups in total. The fraction of sp³-hybridized carbons (Fsp3) is 0.0952. The van der Waals surface area contributed by atoms with Crippen LogP contribution in [0.15, 0.2) is 78.0 Å². The average molecular weight is 392 g/mol. The van der Waals surface area contributed by atoms with E-state index in [2.05, 4.69) is 15.3 Å². The summed E-state index contributed by atoms with van der Waals surface area (Å²) in [6.07, 6.45) is 1.73. The van der Waals surface area contributed by atoms with E-state index < -0.39 is 0 Å². The third kappa shape index (κ3) is 4.04. The van der Waals surface area contributed by atoms with Gasteiger partial charge in [-0.05, 0) is 60.2 Å². The first-order chi connectivity index (χ1) is 13.7. The lowest BCUT2D eigenvalue weighted by atomic mass is 10.1. The number of aromatic nitrogens is 4. The number of halogens is 1. The summed E-state index contributed by atoms with van der Waals surface area (Å²) in [5, 5.41) is 13.7. The van der Waals surface area contributed by atoms with E-state index in [0.29, 0.717) is 11.6 Å². The van der Waals surface area contributed by atoms with Gasteiger partial charge in [0.2, 0.25) is 0 Å². The van der Waals surface area contributed by atoms with Crippen LogP contribution in [-0.4, -0.2) is 27.1 Å². The number of hydrogen-bond acceptors (Lipinski definition) is 5. The molecule has 0 aliphatic rings. The first kappa shape index (κ1) is 18.2. The Kier molecular flexibility index (Phi) is 5.34. The highest BCUT2D eigenvalue weighted by Gasteiger charge is 2.10. The molecule has 7 heteroatoms.